The summed E-state index contributed by atoms with van der Waals surface area (Å²) in [7, 11) is 0. The molecule has 0 heterocycles. The fraction of sp³-hybridized carbons (Fsp3) is 0.722. The summed E-state index contributed by atoms with van der Waals surface area (Å²) in [5.41, 5.74) is 10.6. The van der Waals surface area contributed by atoms with Crippen molar-refractivity contribution < 1.29 is 34.2 Å². The van der Waals surface area contributed by atoms with Crippen molar-refractivity contribution in [3.63, 3.8) is 0 Å². The summed E-state index contributed by atoms with van der Waals surface area (Å²) in [5, 5.41) is 25.6. The van der Waals surface area contributed by atoms with E-state index in [1.807, 2.05) is 0 Å². The maximum atomic E-state index is 12.5. The predicted octanol–water partition coefficient (Wildman–Crippen LogP) is -2.43. The number of nitrogens with two attached hydrogens (primary N) is 2. The third-order valence-corrected chi connectivity index (χ3v) is 4.21. The van der Waals surface area contributed by atoms with Crippen LogP contribution in [0.2, 0.25) is 0 Å². The number of carbonyl (C=O) groups excluding carboxylic acids is 4. The Balaban J connectivity index is 5.20. The molecule has 0 rings (SSSR count). The molecule has 5 atom stereocenters. The monoisotopic (exact) mass is 431 g/mol. The first-order chi connectivity index (χ1) is 13.8. The Morgan fingerprint density at radius 2 is 1.40 bits per heavy atom. The average molecular weight is 431 g/mol. The van der Waals surface area contributed by atoms with E-state index in [1.54, 1.807) is 13.8 Å². The minimum absolute atomic E-state index is 0.0154. The molecule has 0 aliphatic heterocycles. The van der Waals surface area contributed by atoms with Crippen molar-refractivity contribution >= 4 is 29.6 Å². The second-order valence-electron chi connectivity index (χ2n) is 7.59. The molecular formula is C18H33N5O7. The van der Waals surface area contributed by atoms with E-state index in [2.05, 4.69) is 16.0 Å². The lowest BCUT2D eigenvalue weighted by Crippen LogP contribution is -2.57. The average Bonchev–Trinajstić information content (AvgIpc) is 2.62. The Bertz CT molecular complexity index is 638. The SMILES string of the molecule is CC(C)CC(NC(=O)C(CCC(N)=O)NC(=O)C(C)NC(=O)C(N)C(C)O)C(=O)O. The maximum Gasteiger partial charge on any atom is 0.326 e. The van der Waals surface area contributed by atoms with Gasteiger partial charge in [0.1, 0.15) is 24.2 Å². The molecule has 0 aliphatic rings. The number of aliphatic carboxylic acids is 1. The molecule has 172 valence electrons. The Morgan fingerprint density at radius 1 is 0.867 bits per heavy atom. The van der Waals surface area contributed by atoms with Crippen LogP contribution in [0.25, 0.3) is 0 Å². The highest BCUT2D eigenvalue weighted by Crippen LogP contribution is 2.07. The van der Waals surface area contributed by atoms with Crippen LogP contribution in [0.5, 0.6) is 0 Å². The van der Waals surface area contributed by atoms with Crippen molar-refractivity contribution in [3.8, 4) is 0 Å². The Hall–Kier alpha value is -2.73. The van der Waals surface area contributed by atoms with Gasteiger partial charge in [0.25, 0.3) is 0 Å². The largest absolute Gasteiger partial charge is 0.480 e. The van der Waals surface area contributed by atoms with Gasteiger partial charge in [-0.05, 0) is 32.6 Å². The van der Waals surface area contributed by atoms with Crippen LogP contribution in [0.3, 0.4) is 0 Å². The van der Waals surface area contributed by atoms with Crippen LogP contribution in [-0.2, 0) is 24.0 Å². The molecule has 4 amide bonds. The van der Waals surface area contributed by atoms with E-state index in [0.717, 1.165) is 0 Å². The fourth-order valence-corrected chi connectivity index (χ4v) is 2.41. The van der Waals surface area contributed by atoms with Crippen molar-refractivity contribution in [3.05, 3.63) is 0 Å². The van der Waals surface area contributed by atoms with Gasteiger partial charge in [-0.3, -0.25) is 19.2 Å². The second kappa shape index (κ2) is 12.8. The maximum absolute atomic E-state index is 12.5. The first-order valence-electron chi connectivity index (χ1n) is 9.62. The van der Waals surface area contributed by atoms with Gasteiger partial charge in [0.2, 0.25) is 23.6 Å². The molecule has 12 nitrogen and oxygen atoms in total. The summed E-state index contributed by atoms with van der Waals surface area (Å²) in [4.78, 5) is 59.3. The summed E-state index contributed by atoms with van der Waals surface area (Å²) in [6.45, 7) is 6.23. The number of rotatable bonds is 13. The molecule has 0 fully saturated rings. The van der Waals surface area contributed by atoms with Crippen LogP contribution < -0.4 is 27.4 Å². The van der Waals surface area contributed by atoms with E-state index in [0.29, 0.717) is 0 Å². The van der Waals surface area contributed by atoms with Gasteiger partial charge in [-0.25, -0.2) is 4.79 Å². The number of hydrogen-bond donors (Lipinski definition) is 7. The third kappa shape index (κ3) is 10.2. The Labute approximate surface area is 175 Å². The highest BCUT2D eigenvalue weighted by atomic mass is 16.4. The molecule has 0 bridgehead atoms. The van der Waals surface area contributed by atoms with Crippen LogP contribution in [0.4, 0.5) is 0 Å². The summed E-state index contributed by atoms with van der Waals surface area (Å²) in [6.07, 6.45) is -1.35. The number of carboxylic acid groups (broad SMARTS) is 1. The van der Waals surface area contributed by atoms with Crippen molar-refractivity contribution in [2.75, 3.05) is 0 Å². The molecule has 12 heteroatoms. The van der Waals surface area contributed by atoms with Gasteiger partial charge < -0.3 is 37.6 Å². The summed E-state index contributed by atoms with van der Waals surface area (Å²) in [5.74, 6) is -4.28. The summed E-state index contributed by atoms with van der Waals surface area (Å²) in [6, 6.07) is -4.78. The summed E-state index contributed by atoms with van der Waals surface area (Å²) < 4.78 is 0. The third-order valence-electron chi connectivity index (χ3n) is 4.21. The first-order valence-corrected chi connectivity index (χ1v) is 9.62. The smallest absolute Gasteiger partial charge is 0.326 e. The number of nitrogens with one attached hydrogen (secondary N) is 3. The van der Waals surface area contributed by atoms with Gasteiger partial charge in [0.15, 0.2) is 0 Å². The van der Waals surface area contributed by atoms with Gasteiger partial charge in [-0.1, -0.05) is 13.8 Å². The molecule has 0 aliphatic carbocycles. The predicted molar refractivity (Wildman–Crippen MR) is 107 cm³/mol. The molecule has 0 aromatic rings. The van der Waals surface area contributed by atoms with Gasteiger partial charge in [-0.2, -0.15) is 0 Å². The minimum atomic E-state index is -1.25. The number of hydrogen-bond acceptors (Lipinski definition) is 7. The van der Waals surface area contributed by atoms with Gasteiger partial charge in [-0.15, -0.1) is 0 Å². The molecule has 5 unspecified atom stereocenters. The zero-order valence-corrected chi connectivity index (χ0v) is 17.7. The molecule has 0 saturated carbocycles. The number of carbonyl (C=O) groups is 5. The van der Waals surface area contributed by atoms with Gasteiger partial charge >= 0.3 is 5.97 Å². The number of aliphatic hydroxyl groups excluding tert-OH is 1. The van der Waals surface area contributed by atoms with Crippen LogP contribution in [0.1, 0.15) is 47.0 Å². The van der Waals surface area contributed by atoms with Crippen LogP contribution in [0, 0.1) is 5.92 Å². The van der Waals surface area contributed by atoms with E-state index in [1.165, 1.54) is 13.8 Å². The number of aliphatic hydroxyl groups is 1. The lowest BCUT2D eigenvalue weighted by atomic mass is 10.0. The zero-order valence-electron chi connectivity index (χ0n) is 17.7. The van der Waals surface area contributed by atoms with Crippen molar-refractivity contribution in [2.45, 2.75) is 77.2 Å². The van der Waals surface area contributed by atoms with E-state index >= 15 is 0 Å². The van der Waals surface area contributed by atoms with E-state index in [-0.39, 0.29) is 25.2 Å². The van der Waals surface area contributed by atoms with Crippen LogP contribution >= 0.6 is 0 Å². The van der Waals surface area contributed by atoms with Crippen molar-refractivity contribution in [1.82, 2.24) is 16.0 Å². The quantitative estimate of drug-likeness (QED) is 0.166. The van der Waals surface area contributed by atoms with E-state index in [4.69, 9.17) is 11.5 Å². The molecule has 0 aromatic carbocycles. The first kappa shape index (κ1) is 27.3. The normalized spacial score (nSPS) is 16.0. The van der Waals surface area contributed by atoms with Crippen molar-refractivity contribution in [2.24, 2.45) is 17.4 Å². The highest BCUT2D eigenvalue weighted by Gasteiger charge is 2.29. The molecule has 0 radical (unpaired) electrons. The Morgan fingerprint density at radius 3 is 1.83 bits per heavy atom. The molecule has 9 N–H and O–H groups in total. The Kier molecular flexibility index (Phi) is 11.6. The van der Waals surface area contributed by atoms with E-state index < -0.39 is 59.9 Å². The lowest BCUT2D eigenvalue weighted by Gasteiger charge is -2.24. The van der Waals surface area contributed by atoms with Crippen molar-refractivity contribution in [1.29, 1.82) is 0 Å². The number of carboxylic acids is 1. The molecule has 0 spiro atoms. The van der Waals surface area contributed by atoms with Gasteiger partial charge in [0, 0.05) is 6.42 Å². The zero-order chi connectivity index (χ0) is 23.6. The number of primary amides is 1. The summed E-state index contributed by atoms with van der Waals surface area (Å²) >= 11 is 0. The molecule has 0 aromatic heterocycles. The lowest BCUT2D eigenvalue weighted by molar-refractivity contribution is -0.143. The molecule has 0 saturated heterocycles. The highest BCUT2D eigenvalue weighted by molar-refractivity contribution is 5.94. The second-order valence-corrected chi connectivity index (χ2v) is 7.59. The topological polar surface area (TPSA) is 214 Å². The van der Waals surface area contributed by atoms with Crippen LogP contribution in [-0.4, -0.2) is 70.1 Å². The standard InChI is InChI=1S/C18H33N5O7/c1-8(2)7-12(18(29)30)23-16(27)11(5-6-13(19)25)22-15(26)9(3)21-17(28)14(20)10(4)24/h8-12,14,24H,5-7,20H2,1-4H3,(H2,19,25)(H,21,28)(H,22,26)(H,23,27)(H,29,30). The van der Waals surface area contributed by atoms with E-state index in [9.17, 15) is 34.2 Å². The molecule has 30 heavy (non-hydrogen) atoms. The van der Waals surface area contributed by atoms with Gasteiger partial charge in [0.05, 0.1) is 6.10 Å². The minimum Gasteiger partial charge on any atom is -0.480 e. The molecular weight excluding hydrogens is 398 g/mol. The number of amides is 4. The van der Waals surface area contributed by atoms with Crippen LogP contribution in [0.15, 0.2) is 0 Å². The fourth-order valence-electron chi connectivity index (χ4n) is 2.41.